The van der Waals surface area contributed by atoms with Gasteiger partial charge in [-0.3, -0.25) is 4.79 Å². The quantitative estimate of drug-likeness (QED) is 0.564. The number of amides is 1. The maximum absolute atomic E-state index is 12.3. The predicted octanol–water partition coefficient (Wildman–Crippen LogP) is 5.36. The standard InChI is InChI=1S/C24H30N2O/c1-16(2)18-8-6-17(7-9-18)15-25-26-23(27)22-14-21(22)19-10-12-20(13-11-19)24(3,4)5/h6-13,15-16,21-22H,14H2,1-5H3,(H,26,27)/t21-,22-/m0/s1. The normalized spacial score (nSPS) is 19.5. The Morgan fingerprint density at radius 2 is 1.70 bits per heavy atom. The van der Waals surface area contributed by atoms with Crippen molar-refractivity contribution in [2.45, 2.75) is 58.3 Å². The third-order valence-corrected chi connectivity index (χ3v) is 5.32. The first kappa shape index (κ1) is 19.3. The predicted molar refractivity (Wildman–Crippen MR) is 112 cm³/mol. The molecule has 0 saturated heterocycles. The van der Waals surface area contributed by atoms with Gasteiger partial charge in [0.1, 0.15) is 0 Å². The van der Waals surface area contributed by atoms with Crippen molar-refractivity contribution in [1.29, 1.82) is 0 Å². The van der Waals surface area contributed by atoms with Crippen LogP contribution in [0.25, 0.3) is 0 Å². The van der Waals surface area contributed by atoms with Crippen molar-refractivity contribution >= 4 is 12.1 Å². The number of carbonyl (C=O) groups excluding carboxylic acids is 1. The Kier molecular flexibility index (Phi) is 5.50. The van der Waals surface area contributed by atoms with Gasteiger partial charge in [0.2, 0.25) is 5.91 Å². The van der Waals surface area contributed by atoms with Gasteiger partial charge in [-0.2, -0.15) is 5.10 Å². The molecule has 1 N–H and O–H groups in total. The van der Waals surface area contributed by atoms with Crippen LogP contribution in [-0.2, 0) is 10.2 Å². The van der Waals surface area contributed by atoms with E-state index in [0.29, 0.717) is 11.8 Å². The first-order valence-electron chi connectivity index (χ1n) is 9.79. The van der Waals surface area contributed by atoms with Crippen molar-refractivity contribution in [2.24, 2.45) is 11.0 Å². The Morgan fingerprint density at radius 1 is 1.07 bits per heavy atom. The van der Waals surface area contributed by atoms with Crippen LogP contribution >= 0.6 is 0 Å². The summed E-state index contributed by atoms with van der Waals surface area (Å²) in [6.45, 7) is 11.0. The summed E-state index contributed by atoms with van der Waals surface area (Å²) in [6, 6.07) is 17.0. The van der Waals surface area contributed by atoms with E-state index in [1.165, 1.54) is 16.7 Å². The van der Waals surface area contributed by atoms with Gasteiger partial charge in [0.05, 0.1) is 6.21 Å². The van der Waals surface area contributed by atoms with Crippen LogP contribution in [0.4, 0.5) is 0 Å². The van der Waals surface area contributed by atoms with Crippen LogP contribution in [-0.4, -0.2) is 12.1 Å². The minimum atomic E-state index is 0.00921. The second kappa shape index (κ2) is 7.67. The number of carbonyl (C=O) groups is 1. The maximum atomic E-state index is 12.3. The topological polar surface area (TPSA) is 41.5 Å². The van der Waals surface area contributed by atoms with E-state index in [4.69, 9.17) is 0 Å². The Balaban J connectivity index is 1.52. The van der Waals surface area contributed by atoms with E-state index >= 15 is 0 Å². The average Bonchev–Trinajstić information content (AvgIpc) is 3.42. The molecule has 2 atom stereocenters. The fourth-order valence-electron chi connectivity index (χ4n) is 3.30. The molecule has 1 fully saturated rings. The molecular formula is C24H30N2O. The SMILES string of the molecule is CC(C)c1ccc(C=NNC(=O)[C@H]2C[C@H]2c2ccc(C(C)(C)C)cc2)cc1. The smallest absolute Gasteiger partial charge is 0.243 e. The Bertz CT molecular complexity index is 811. The lowest BCUT2D eigenvalue weighted by molar-refractivity contribution is -0.122. The number of rotatable bonds is 5. The van der Waals surface area contributed by atoms with Crippen LogP contribution < -0.4 is 5.43 Å². The summed E-state index contributed by atoms with van der Waals surface area (Å²) in [7, 11) is 0. The van der Waals surface area contributed by atoms with Gasteiger partial charge < -0.3 is 0 Å². The molecule has 0 aliphatic heterocycles. The van der Waals surface area contributed by atoms with Crippen LogP contribution in [0.2, 0.25) is 0 Å². The zero-order chi connectivity index (χ0) is 19.6. The van der Waals surface area contributed by atoms with Gasteiger partial charge in [0.25, 0.3) is 0 Å². The summed E-state index contributed by atoms with van der Waals surface area (Å²) in [5.74, 6) is 0.875. The van der Waals surface area contributed by atoms with Gasteiger partial charge in [-0.1, -0.05) is 83.1 Å². The minimum Gasteiger partial charge on any atom is -0.273 e. The molecule has 3 heteroatoms. The summed E-state index contributed by atoms with van der Waals surface area (Å²) < 4.78 is 0. The third-order valence-electron chi connectivity index (χ3n) is 5.32. The summed E-state index contributed by atoms with van der Waals surface area (Å²) in [5.41, 5.74) is 7.71. The monoisotopic (exact) mass is 362 g/mol. The molecule has 1 amide bonds. The molecule has 1 saturated carbocycles. The highest BCUT2D eigenvalue weighted by Crippen LogP contribution is 2.47. The molecule has 2 aromatic carbocycles. The van der Waals surface area contributed by atoms with Gasteiger partial charge >= 0.3 is 0 Å². The zero-order valence-electron chi connectivity index (χ0n) is 17.0. The van der Waals surface area contributed by atoms with Crippen LogP contribution in [0.5, 0.6) is 0 Å². The van der Waals surface area contributed by atoms with Gasteiger partial charge in [-0.15, -0.1) is 0 Å². The number of nitrogens with one attached hydrogen (secondary N) is 1. The van der Waals surface area contributed by atoms with Gasteiger partial charge in [0.15, 0.2) is 0 Å². The lowest BCUT2D eigenvalue weighted by Gasteiger charge is -2.19. The van der Waals surface area contributed by atoms with E-state index in [1.807, 2.05) is 12.1 Å². The fraction of sp³-hybridized carbons (Fsp3) is 0.417. The number of hydrogen-bond acceptors (Lipinski definition) is 2. The van der Waals surface area contributed by atoms with E-state index in [9.17, 15) is 4.79 Å². The molecule has 142 valence electrons. The molecule has 1 aliphatic carbocycles. The molecule has 0 unspecified atom stereocenters. The lowest BCUT2D eigenvalue weighted by atomic mass is 9.86. The van der Waals surface area contributed by atoms with E-state index in [1.54, 1.807) is 6.21 Å². The number of benzene rings is 2. The van der Waals surface area contributed by atoms with E-state index in [-0.39, 0.29) is 17.2 Å². The molecule has 3 rings (SSSR count). The molecular weight excluding hydrogens is 332 g/mol. The summed E-state index contributed by atoms with van der Waals surface area (Å²) in [6.07, 6.45) is 2.61. The van der Waals surface area contributed by atoms with E-state index in [0.717, 1.165) is 12.0 Å². The molecule has 0 radical (unpaired) electrons. The van der Waals surface area contributed by atoms with Crippen molar-refractivity contribution in [3.05, 3.63) is 70.8 Å². The largest absolute Gasteiger partial charge is 0.273 e. The van der Waals surface area contributed by atoms with Gasteiger partial charge in [-0.25, -0.2) is 5.43 Å². The van der Waals surface area contributed by atoms with Crippen LogP contribution in [0, 0.1) is 5.92 Å². The van der Waals surface area contributed by atoms with Crippen LogP contribution in [0.15, 0.2) is 53.6 Å². The Labute approximate surface area is 162 Å². The summed E-state index contributed by atoms with van der Waals surface area (Å²) >= 11 is 0. The Hall–Kier alpha value is -2.42. The first-order chi connectivity index (χ1) is 12.8. The average molecular weight is 363 g/mol. The van der Waals surface area contributed by atoms with Crippen molar-refractivity contribution in [2.75, 3.05) is 0 Å². The fourth-order valence-corrected chi connectivity index (χ4v) is 3.30. The number of hydrogen-bond donors (Lipinski definition) is 1. The molecule has 2 aromatic rings. The number of nitrogens with zero attached hydrogens (tertiary/aromatic N) is 1. The van der Waals surface area contributed by atoms with Crippen LogP contribution in [0.3, 0.4) is 0 Å². The third kappa shape index (κ3) is 4.85. The molecule has 0 spiro atoms. The molecule has 0 bridgehead atoms. The zero-order valence-corrected chi connectivity index (χ0v) is 17.0. The van der Waals surface area contributed by atoms with Gasteiger partial charge in [0, 0.05) is 5.92 Å². The molecule has 0 aromatic heterocycles. The first-order valence-corrected chi connectivity index (χ1v) is 9.79. The maximum Gasteiger partial charge on any atom is 0.243 e. The van der Waals surface area contributed by atoms with Crippen LogP contribution in [0.1, 0.15) is 75.1 Å². The second-order valence-electron chi connectivity index (χ2n) is 8.88. The summed E-state index contributed by atoms with van der Waals surface area (Å²) in [4.78, 5) is 12.3. The second-order valence-corrected chi connectivity index (χ2v) is 8.88. The molecule has 1 aliphatic rings. The van der Waals surface area contributed by atoms with Crippen molar-refractivity contribution in [3.63, 3.8) is 0 Å². The van der Waals surface area contributed by atoms with E-state index < -0.39 is 0 Å². The highest BCUT2D eigenvalue weighted by Gasteiger charge is 2.43. The molecule has 3 nitrogen and oxygen atoms in total. The highest BCUT2D eigenvalue weighted by atomic mass is 16.2. The van der Waals surface area contributed by atoms with Gasteiger partial charge in [-0.05, 0) is 45.9 Å². The molecule has 0 heterocycles. The molecule has 27 heavy (non-hydrogen) atoms. The highest BCUT2D eigenvalue weighted by molar-refractivity contribution is 5.85. The van der Waals surface area contributed by atoms with E-state index in [2.05, 4.69) is 81.5 Å². The summed E-state index contributed by atoms with van der Waals surface area (Å²) in [5, 5.41) is 4.13. The van der Waals surface area contributed by atoms with Crippen molar-refractivity contribution in [1.82, 2.24) is 5.43 Å². The minimum absolute atomic E-state index is 0.00921. The number of hydrazone groups is 1. The lowest BCUT2D eigenvalue weighted by Crippen LogP contribution is -2.20. The van der Waals surface area contributed by atoms with Crippen molar-refractivity contribution < 1.29 is 4.79 Å². The van der Waals surface area contributed by atoms with Crippen molar-refractivity contribution in [3.8, 4) is 0 Å². The Morgan fingerprint density at radius 3 is 2.26 bits per heavy atom.